The molecule has 12 heavy (non-hydrogen) atoms. The van der Waals surface area contributed by atoms with Crippen LogP contribution in [0.1, 0.15) is 17.2 Å². The van der Waals surface area contributed by atoms with E-state index in [1.807, 2.05) is 12.1 Å². The third kappa shape index (κ3) is 1.37. The smallest absolute Gasteiger partial charge is 0.151 e. The maximum atomic E-state index is 11.3. The summed E-state index contributed by atoms with van der Waals surface area (Å²) in [5, 5.41) is 0.0544. The van der Waals surface area contributed by atoms with Crippen molar-refractivity contribution in [1.29, 1.82) is 0 Å². The Balaban J connectivity index is 2.25. The summed E-state index contributed by atoms with van der Waals surface area (Å²) in [5.74, 6) is 1.30. The minimum absolute atomic E-state index is 0.0544. The molecule has 3 heteroatoms. The van der Waals surface area contributed by atoms with E-state index in [-0.39, 0.29) is 5.25 Å². The number of nitrogens with zero attached hydrogens (tertiary/aromatic N) is 1. The van der Waals surface area contributed by atoms with Crippen LogP contribution in [0.5, 0.6) is 0 Å². The van der Waals surface area contributed by atoms with Crippen molar-refractivity contribution in [2.45, 2.75) is 11.7 Å². The summed E-state index contributed by atoms with van der Waals surface area (Å²) in [4.78, 5) is 15.3. The molecule has 1 saturated heterocycles. The van der Waals surface area contributed by atoms with Gasteiger partial charge in [-0.05, 0) is 11.6 Å². The zero-order valence-corrected chi connectivity index (χ0v) is 7.38. The molecule has 0 aromatic carbocycles. The predicted molar refractivity (Wildman–Crippen MR) is 49.1 cm³/mol. The molecule has 2 nitrogen and oxygen atoms in total. The Bertz CT molecular complexity index is 286. The first kappa shape index (κ1) is 7.80. The summed E-state index contributed by atoms with van der Waals surface area (Å²) in [5.41, 5.74) is 1.05. The molecule has 1 atom stereocenters. The topological polar surface area (TPSA) is 30.0 Å². The Labute approximate surface area is 75.4 Å². The third-order valence-electron chi connectivity index (χ3n) is 1.91. The molecule has 0 aliphatic carbocycles. The highest BCUT2D eigenvalue weighted by Crippen LogP contribution is 2.36. The largest absolute Gasteiger partial charge is 0.298 e. The van der Waals surface area contributed by atoms with Crippen molar-refractivity contribution >= 4 is 17.5 Å². The molecular formula is C9H9NOS. The molecule has 1 unspecified atom stereocenters. The van der Waals surface area contributed by atoms with Gasteiger partial charge in [-0.25, -0.2) is 0 Å². The fourth-order valence-corrected chi connectivity index (χ4v) is 2.50. The molecule has 0 saturated carbocycles. The van der Waals surface area contributed by atoms with E-state index in [1.165, 1.54) is 0 Å². The molecule has 2 rings (SSSR count). The lowest BCUT2D eigenvalue weighted by Gasteiger charge is -2.05. The summed E-state index contributed by atoms with van der Waals surface area (Å²) in [6.07, 6.45) is 4.22. The highest BCUT2D eigenvalue weighted by Gasteiger charge is 2.26. The first-order valence-electron chi connectivity index (χ1n) is 3.92. The molecule has 2 heterocycles. The predicted octanol–water partition coefficient (Wildman–Crippen LogP) is 1.83. The van der Waals surface area contributed by atoms with Crippen LogP contribution in [-0.2, 0) is 4.79 Å². The molecule has 0 bridgehead atoms. The van der Waals surface area contributed by atoms with E-state index in [2.05, 4.69) is 4.98 Å². The van der Waals surface area contributed by atoms with Gasteiger partial charge in [0, 0.05) is 24.6 Å². The monoisotopic (exact) mass is 179 g/mol. The molecule has 1 fully saturated rings. The van der Waals surface area contributed by atoms with Gasteiger partial charge >= 0.3 is 0 Å². The highest BCUT2D eigenvalue weighted by atomic mass is 32.2. The van der Waals surface area contributed by atoms with E-state index in [1.54, 1.807) is 24.2 Å². The molecule has 1 aromatic heterocycles. The number of rotatable bonds is 1. The van der Waals surface area contributed by atoms with Crippen LogP contribution in [-0.4, -0.2) is 16.5 Å². The second kappa shape index (κ2) is 3.27. The summed E-state index contributed by atoms with van der Waals surface area (Å²) in [7, 11) is 0. The maximum absolute atomic E-state index is 11.3. The van der Waals surface area contributed by atoms with Gasteiger partial charge in [-0.1, -0.05) is 6.07 Å². The second-order valence-corrected chi connectivity index (χ2v) is 3.97. The standard InChI is InChI=1S/C9H9NOS/c11-8-3-5-12-9(8)7-2-1-4-10-6-7/h1-2,4,6,9H,3,5H2. The van der Waals surface area contributed by atoms with E-state index >= 15 is 0 Å². The summed E-state index contributed by atoms with van der Waals surface area (Å²) in [6.45, 7) is 0. The normalized spacial score (nSPS) is 23.0. The Hall–Kier alpha value is -0.830. The molecule has 1 aliphatic heterocycles. The maximum Gasteiger partial charge on any atom is 0.151 e. The fraction of sp³-hybridized carbons (Fsp3) is 0.333. The number of carbonyl (C=O) groups excluding carboxylic acids is 1. The van der Waals surface area contributed by atoms with Gasteiger partial charge in [0.2, 0.25) is 0 Å². The average molecular weight is 179 g/mol. The van der Waals surface area contributed by atoms with Crippen molar-refractivity contribution in [2.24, 2.45) is 0 Å². The van der Waals surface area contributed by atoms with Crippen molar-refractivity contribution in [3.8, 4) is 0 Å². The van der Waals surface area contributed by atoms with Gasteiger partial charge in [-0.2, -0.15) is 0 Å². The SMILES string of the molecule is O=C1CCSC1c1cccnc1. The number of Topliss-reactive ketones (excluding diaryl/α,β-unsaturated/α-hetero) is 1. The van der Waals surface area contributed by atoms with Crippen LogP contribution < -0.4 is 0 Å². The zero-order valence-electron chi connectivity index (χ0n) is 6.56. The molecular weight excluding hydrogens is 170 g/mol. The Kier molecular flexibility index (Phi) is 2.13. The van der Waals surface area contributed by atoms with Crippen molar-refractivity contribution in [1.82, 2.24) is 4.98 Å². The van der Waals surface area contributed by atoms with E-state index in [0.29, 0.717) is 12.2 Å². The summed E-state index contributed by atoms with van der Waals surface area (Å²) < 4.78 is 0. The van der Waals surface area contributed by atoms with Crippen LogP contribution in [0.2, 0.25) is 0 Å². The van der Waals surface area contributed by atoms with Crippen molar-refractivity contribution in [3.63, 3.8) is 0 Å². The lowest BCUT2D eigenvalue weighted by atomic mass is 10.1. The van der Waals surface area contributed by atoms with Gasteiger partial charge < -0.3 is 0 Å². The molecule has 0 spiro atoms. The third-order valence-corrected chi connectivity index (χ3v) is 3.22. The van der Waals surface area contributed by atoms with Crippen LogP contribution in [0.3, 0.4) is 0 Å². The zero-order chi connectivity index (χ0) is 8.39. The number of hydrogen-bond donors (Lipinski definition) is 0. The van der Waals surface area contributed by atoms with E-state index in [9.17, 15) is 4.79 Å². The van der Waals surface area contributed by atoms with Crippen molar-refractivity contribution < 1.29 is 4.79 Å². The van der Waals surface area contributed by atoms with Gasteiger partial charge in [-0.3, -0.25) is 9.78 Å². The lowest BCUT2D eigenvalue weighted by molar-refractivity contribution is -0.117. The van der Waals surface area contributed by atoms with Gasteiger partial charge in [0.15, 0.2) is 5.78 Å². The fourth-order valence-electron chi connectivity index (χ4n) is 1.31. The van der Waals surface area contributed by atoms with Crippen molar-refractivity contribution in [3.05, 3.63) is 30.1 Å². The molecule has 0 N–H and O–H groups in total. The molecule has 1 aliphatic rings. The van der Waals surface area contributed by atoms with E-state index in [0.717, 1.165) is 11.3 Å². The quantitative estimate of drug-likeness (QED) is 0.658. The average Bonchev–Trinajstić information content (AvgIpc) is 2.53. The summed E-state index contributed by atoms with van der Waals surface area (Å²) >= 11 is 1.71. The van der Waals surface area contributed by atoms with Crippen LogP contribution in [0.25, 0.3) is 0 Å². The Morgan fingerprint density at radius 2 is 2.50 bits per heavy atom. The number of ketones is 1. The van der Waals surface area contributed by atoms with Crippen molar-refractivity contribution in [2.75, 3.05) is 5.75 Å². The van der Waals surface area contributed by atoms with Crippen LogP contribution in [0.4, 0.5) is 0 Å². The number of carbonyl (C=O) groups is 1. The molecule has 62 valence electrons. The minimum atomic E-state index is 0.0544. The van der Waals surface area contributed by atoms with Gasteiger partial charge in [0.1, 0.15) is 0 Å². The second-order valence-electron chi connectivity index (χ2n) is 2.75. The van der Waals surface area contributed by atoms with E-state index < -0.39 is 0 Å². The number of thioether (sulfide) groups is 1. The van der Waals surface area contributed by atoms with Gasteiger partial charge in [0.05, 0.1) is 5.25 Å². The van der Waals surface area contributed by atoms with Crippen LogP contribution in [0, 0.1) is 0 Å². The number of hydrogen-bond acceptors (Lipinski definition) is 3. The first-order valence-corrected chi connectivity index (χ1v) is 4.97. The van der Waals surface area contributed by atoms with E-state index in [4.69, 9.17) is 0 Å². The minimum Gasteiger partial charge on any atom is -0.298 e. The number of pyridine rings is 1. The summed E-state index contributed by atoms with van der Waals surface area (Å²) in [6, 6.07) is 3.84. The van der Waals surface area contributed by atoms with Crippen LogP contribution in [0.15, 0.2) is 24.5 Å². The Morgan fingerprint density at radius 1 is 1.58 bits per heavy atom. The molecule has 1 aromatic rings. The molecule has 0 amide bonds. The van der Waals surface area contributed by atoms with Gasteiger partial charge in [0.25, 0.3) is 0 Å². The first-order chi connectivity index (χ1) is 5.88. The number of aromatic nitrogens is 1. The van der Waals surface area contributed by atoms with Crippen LogP contribution >= 0.6 is 11.8 Å². The highest BCUT2D eigenvalue weighted by molar-refractivity contribution is 8.00. The molecule has 0 radical (unpaired) electrons. The lowest BCUT2D eigenvalue weighted by Crippen LogP contribution is -2.01. The Morgan fingerprint density at radius 3 is 3.08 bits per heavy atom. The van der Waals surface area contributed by atoms with Gasteiger partial charge in [-0.15, -0.1) is 11.8 Å².